The molecule has 0 unspecified atom stereocenters. The Morgan fingerprint density at radius 3 is 2.38 bits per heavy atom. The second kappa shape index (κ2) is 7.20. The molecule has 2 aromatic rings. The number of anilines is 1. The zero-order valence-electron chi connectivity index (χ0n) is 11.9. The molecule has 120 valence electrons. The molecule has 0 aliphatic carbocycles. The van der Waals surface area contributed by atoms with E-state index in [1.165, 1.54) is 18.2 Å². The average Bonchev–Trinajstić information content (AvgIpc) is 2.54. The Morgan fingerprint density at radius 2 is 1.75 bits per heavy atom. The molecule has 0 heterocycles. The van der Waals surface area contributed by atoms with Gasteiger partial charge in [-0.05, 0) is 46.3 Å². The van der Waals surface area contributed by atoms with Crippen LogP contribution in [0.5, 0.6) is 0 Å². The number of hydrogen-bond acceptors (Lipinski definition) is 2. The molecule has 7 heteroatoms. The van der Waals surface area contributed by atoms with Crippen LogP contribution in [-0.4, -0.2) is 12.1 Å². The van der Waals surface area contributed by atoms with E-state index >= 15 is 0 Å². The molecular formula is C17H8BrF3N2O. The second-order valence-corrected chi connectivity index (χ2v) is 5.41. The summed E-state index contributed by atoms with van der Waals surface area (Å²) in [5.41, 5.74) is 0.836. The molecule has 0 fully saturated rings. The summed E-state index contributed by atoms with van der Waals surface area (Å²) in [4.78, 5) is 11.1. The van der Waals surface area contributed by atoms with E-state index in [1.807, 2.05) is 6.07 Å². The minimum Gasteiger partial charge on any atom is -0.317 e. The predicted octanol–water partition coefficient (Wildman–Crippen LogP) is 4.22. The van der Waals surface area contributed by atoms with Crippen molar-refractivity contribution >= 4 is 27.5 Å². The summed E-state index contributed by atoms with van der Waals surface area (Å²) < 4.78 is 37.9. The molecule has 2 aromatic carbocycles. The molecule has 0 aliphatic rings. The molecule has 0 atom stereocenters. The highest BCUT2D eigenvalue weighted by Gasteiger charge is 2.38. The highest BCUT2D eigenvalue weighted by atomic mass is 79.9. The quantitative estimate of drug-likeness (QED) is 0.738. The van der Waals surface area contributed by atoms with Crippen molar-refractivity contribution in [3.05, 3.63) is 63.6 Å². The fraction of sp³-hybridized carbons (Fsp3) is 0.0588. The van der Waals surface area contributed by atoms with Gasteiger partial charge in [0, 0.05) is 15.6 Å². The minimum absolute atomic E-state index is 0.113. The number of alkyl halides is 3. The van der Waals surface area contributed by atoms with E-state index in [1.54, 1.807) is 29.6 Å². The monoisotopic (exact) mass is 392 g/mol. The number of nitrogens with zero attached hydrogens (tertiary/aromatic N) is 1. The molecule has 0 saturated heterocycles. The van der Waals surface area contributed by atoms with Crippen LogP contribution in [0.25, 0.3) is 0 Å². The second-order valence-electron chi connectivity index (χ2n) is 4.55. The summed E-state index contributed by atoms with van der Waals surface area (Å²) in [5.74, 6) is 3.38. The topological polar surface area (TPSA) is 52.9 Å². The van der Waals surface area contributed by atoms with Crippen LogP contribution in [0.1, 0.15) is 16.7 Å². The van der Waals surface area contributed by atoms with Crippen molar-refractivity contribution < 1.29 is 18.0 Å². The molecule has 2 rings (SSSR count). The Morgan fingerprint density at radius 1 is 1.08 bits per heavy atom. The third kappa shape index (κ3) is 4.37. The van der Waals surface area contributed by atoms with Crippen molar-refractivity contribution in [3.8, 4) is 17.9 Å². The van der Waals surface area contributed by atoms with E-state index in [-0.39, 0.29) is 16.8 Å². The van der Waals surface area contributed by atoms with Gasteiger partial charge in [0.25, 0.3) is 0 Å². The van der Waals surface area contributed by atoms with Crippen molar-refractivity contribution in [2.24, 2.45) is 0 Å². The molecule has 24 heavy (non-hydrogen) atoms. The van der Waals surface area contributed by atoms with Gasteiger partial charge in [0.1, 0.15) is 0 Å². The van der Waals surface area contributed by atoms with Crippen LogP contribution in [0, 0.1) is 23.2 Å². The van der Waals surface area contributed by atoms with Crippen LogP contribution in [0.3, 0.4) is 0 Å². The Kier molecular flexibility index (Phi) is 5.28. The van der Waals surface area contributed by atoms with Gasteiger partial charge < -0.3 is 5.32 Å². The summed E-state index contributed by atoms with van der Waals surface area (Å²) in [5, 5.41) is 10.7. The van der Waals surface area contributed by atoms with Crippen molar-refractivity contribution in [2.45, 2.75) is 6.18 Å². The van der Waals surface area contributed by atoms with Gasteiger partial charge in [-0.25, -0.2) is 0 Å². The number of nitriles is 1. The molecular weight excluding hydrogens is 385 g/mol. The first-order chi connectivity index (χ1) is 11.3. The number of hydrogen-bond donors (Lipinski definition) is 1. The van der Waals surface area contributed by atoms with Crippen molar-refractivity contribution in [1.82, 2.24) is 0 Å². The van der Waals surface area contributed by atoms with Gasteiger partial charge in [-0.15, -0.1) is 0 Å². The zero-order valence-corrected chi connectivity index (χ0v) is 13.5. The summed E-state index contributed by atoms with van der Waals surface area (Å²) in [6.07, 6.45) is -5.01. The number of nitrogens with one attached hydrogen (secondary N) is 1. The third-order valence-corrected chi connectivity index (χ3v) is 3.55. The van der Waals surface area contributed by atoms with E-state index in [0.717, 1.165) is 4.47 Å². The third-order valence-electron chi connectivity index (χ3n) is 2.86. The first-order valence-electron chi connectivity index (χ1n) is 6.50. The maximum absolute atomic E-state index is 12.4. The fourth-order valence-electron chi connectivity index (χ4n) is 1.72. The smallest absolute Gasteiger partial charge is 0.317 e. The predicted molar refractivity (Wildman–Crippen MR) is 86.0 cm³/mol. The van der Waals surface area contributed by atoms with Crippen molar-refractivity contribution in [1.29, 1.82) is 5.26 Å². The van der Waals surface area contributed by atoms with Crippen LogP contribution in [0.15, 0.2) is 46.9 Å². The minimum atomic E-state index is -5.01. The van der Waals surface area contributed by atoms with Gasteiger partial charge in [0.05, 0.1) is 17.3 Å². The van der Waals surface area contributed by atoms with Gasteiger partial charge >= 0.3 is 12.1 Å². The lowest BCUT2D eigenvalue weighted by Gasteiger charge is -2.09. The molecule has 3 nitrogen and oxygen atoms in total. The number of halogens is 4. The van der Waals surface area contributed by atoms with E-state index in [0.29, 0.717) is 5.56 Å². The van der Waals surface area contributed by atoms with Crippen LogP contribution in [0.2, 0.25) is 0 Å². The summed E-state index contributed by atoms with van der Waals surface area (Å²) >= 11 is 3.31. The van der Waals surface area contributed by atoms with E-state index < -0.39 is 12.1 Å². The SMILES string of the molecule is N#Cc1ccc(NC(=O)C(F)(F)F)c(C#Cc2ccccc2Br)c1. The van der Waals surface area contributed by atoms with Crippen LogP contribution in [-0.2, 0) is 4.79 Å². The molecule has 0 aliphatic heterocycles. The average molecular weight is 393 g/mol. The lowest BCUT2D eigenvalue weighted by atomic mass is 10.1. The van der Waals surface area contributed by atoms with E-state index in [4.69, 9.17) is 5.26 Å². The lowest BCUT2D eigenvalue weighted by molar-refractivity contribution is -0.167. The molecule has 1 N–H and O–H groups in total. The molecule has 0 aromatic heterocycles. The van der Waals surface area contributed by atoms with Gasteiger partial charge in [-0.3, -0.25) is 4.79 Å². The number of benzene rings is 2. The number of carbonyl (C=O) groups is 1. The number of carbonyl (C=O) groups excluding carboxylic acids is 1. The molecule has 0 saturated carbocycles. The summed E-state index contributed by atoms with van der Waals surface area (Å²) in [6.45, 7) is 0. The summed E-state index contributed by atoms with van der Waals surface area (Å²) in [6, 6.07) is 12.7. The maximum atomic E-state index is 12.4. The van der Waals surface area contributed by atoms with E-state index in [2.05, 4.69) is 27.8 Å². The van der Waals surface area contributed by atoms with Crippen molar-refractivity contribution in [2.75, 3.05) is 5.32 Å². The highest BCUT2D eigenvalue weighted by molar-refractivity contribution is 9.10. The Hall–Kier alpha value is -2.77. The number of amides is 1. The standard InChI is InChI=1S/C17H8BrF3N2O/c18-14-4-2-1-3-12(14)6-7-13-9-11(10-22)5-8-15(13)23-16(24)17(19,20)21/h1-5,8-9H,(H,23,24). The molecule has 1 amide bonds. The molecule has 0 bridgehead atoms. The van der Waals surface area contributed by atoms with Gasteiger partial charge in [0.15, 0.2) is 0 Å². The van der Waals surface area contributed by atoms with Crippen LogP contribution in [0.4, 0.5) is 18.9 Å². The van der Waals surface area contributed by atoms with Gasteiger partial charge in [-0.1, -0.05) is 24.0 Å². The first kappa shape index (κ1) is 17.6. The van der Waals surface area contributed by atoms with Crippen LogP contribution < -0.4 is 5.32 Å². The van der Waals surface area contributed by atoms with Crippen molar-refractivity contribution in [3.63, 3.8) is 0 Å². The Bertz CT molecular complexity index is 889. The largest absolute Gasteiger partial charge is 0.471 e. The Balaban J connectivity index is 2.43. The highest BCUT2D eigenvalue weighted by Crippen LogP contribution is 2.22. The molecule has 0 radical (unpaired) electrons. The fourth-order valence-corrected chi connectivity index (χ4v) is 2.10. The normalized spacial score (nSPS) is 10.3. The number of rotatable bonds is 1. The maximum Gasteiger partial charge on any atom is 0.471 e. The van der Waals surface area contributed by atoms with Crippen LogP contribution >= 0.6 is 15.9 Å². The Labute approximate surface area is 144 Å². The van der Waals surface area contributed by atoms with E-state index in [9.17, 15) is 18.0 Å². The van der Waals surface area contributed by atoms with Gasteiger partial charge in [-0.2, -0.15) is 18.4 Å². The summed E-state index contributed by atoms with van der Waals surface area (Å²) in [7, 11) is 0. The first-order valence-corrected chi connectivity index (χ1v) is 7.29. The molecule has 0 spiro atoms. The zero-order chi connectivity index (χ0) is 17.7. The van der Waals surface area contributed by atoms with Gasteiger partial charge in [0.2, 0.25) is 0 Å². The lowest BCUT2D eigenvalue weighted by Crippen LogP contribution is -2.30.